The van der Waals surface area contributed by atoms with Gasteiger partial charge in [0.05, 0.1) is 0 Å². The summed E-state index contributed by atoms with van der Waals surface area (Å²) in [5, 5.41) is 6.35. The van der Waals surface area contributed by atoms with E-state index in [0.717, 1.165) is 22.2 Å². The predicted molar refractivity (Wildman–Crippen MR) is 87.0 cm³/mol. The van der Waals surface area contributed by atoms with Gasteiger partial charge in [0.1, 0.15) is 5.69 Å². The topological polar surface area (TPSA) is 54.7 Å². The van der Waals surface area contributed by atoms with Crippen LogP contribution >= 0.6 is 23.2 Å². The molecule has 6 heteroatoms. The maximum atomic E-state index is 5.99. The van der Waals surface area contributed by atoms with Crippen molar-refractivity contribution in [1.82, 2.24) is 15.1 Å². The lowest BCUT2D eigenvalue weighted by molar-refractivity contribution is 0.431. The Hall–Kier alpha value is -2.30. The lowest BCUT2D eigenvalue weighted by Gasteiger charge is -1.93. The molecule has 0 bridgehead atoms. The Kier molecular flexibility index (Phi) is 3.13. The summed E-state index contributed by atoms with van der Waals surface area (Å²) in [5.74, 6) is 0.945. The lowest BCUT2D eigenvalue weighted by atomic mass is 10.2. The highest BCUT2D eigenvalue weighted by atomic mass is 35.5. The molecule has 1 N–H and O–H groups in total. The van der Waals surface area contributed by atoms with Crippen molar-refractivity contribution in [3.8, 4) is 23.0 Å². The summed E-state index contributed by atoms with van der Waals surface area (Å²) in [5.41, 5.74) is 2.56. The Morgan fingerprint density at radius 2 is 1.68 bits per heavy atom. The third-order valence-electron chi connectivity index (χ3n) is 3.34. The number of hydrogen-bond donors (Lipinski definition) is 1. The lowest BCUT2D eigenvalue weighted by Crippen LogP contribution is -1.80. The zero-order chi connectivity index (χ0) is 15.1. The second kappa shape index (κ2) is 5.16. The van der Waals surface area contributed by atoms with E-state index in [0.29, 0.717) is 21.8 Å². The summed E-state index contributed by atoms with van der Waals surface area (Å²) < 4.78 is 5.34. The van der Waals surface area contributed by atoms with Gasteiger partial charge in [-0.1, -0.05) is 28.4 Å². The van der Waals surface area contributed by atoms with E-state index < -0.39 is 0 Å². The largest absolute Gasteiger partial charge is 0.351 e. The second-order valence-corrected chi connectivity index (χ2v) is 5.72. The first-order valence-corrected chi connectivity index (χ1v) is 7.33. The molecule has 2 aromatic heterocycles. The van der Waals surface area contributed by atoms with E-state index >= 15 is 0 Å². The molecule has 4 aromatic rings. The number of H-pyrrole nitrogens is 1. The number of halogens is 2. The molecular weight excluding hydrogens is 321 g/mol. The fourth-order valence-electron chi connectivity index (χ4n) is 2.27. The van der Waals surface area contributed by atoms with Gasteiger partial charge in [-0.2, -0.15) is 4.98 Å². The van der Waals surface area contributed by atoms with Crippen LogP contribution in [0.5, 0.6) is 0 Å². The van der Waals surface area contributed by atoms with Gasteiger partial charge in [-0.25, -0.2) is 0 Å². The molecule has 2 aromatic carbocycles. The minimum atomic E-state index is 0.428. The molecule has 0 unspecified atom stereocenters. The average Bonchev–Trinajstić information content (AvgIpc) is 3.13. The van der Waals surface area contributed by atoms with Crippen LogP contribution in [-0.2, 0) is 0 Å². The smallest absolute Gasteiger partial charge is 0.274 e. The van der Waals surface area contributed by atoms with Crippen LogP contribution < -0.4 is 0 Å². The van der Waals surface area contributed by atoms with Gasteiger partial charge >= 0.3 is 0 Å². The fourth-order valence-corrected chi connectivity index (χ4v) is 2.57. The summed E-state index contributed by atoms with van der Waals surface area (Å²) in [6, 6.07) is 14.8. The van der Waals surface area contributed by atoms with E-state index in [1.807, 2.05) is 36.4 Å². The zero-order valence-corrected chi connectivity index (χ0v) is 12.7. The van der Waals surface area contributed by atoms with E-state index in [1.165, 1.54) is 0 Å². The van der Waals surface area contributed by atoms with E-state index in [2.05, 4.69) is 15.1 Å². The summed E-state index contributed by atoms with van der Waals surface area (Å²) in [4.78, 5) is 7.65. The van der Waals surface area contributed by atoms with Crippen LogP contribution in [0.4, 0.5) is 0 Å². The molecule has 0 amide bonds. The summed E-state index contributed by atoms with van der Waals surface area (Å²) in [6.45, 7) is 0. The maximum Gasteiger partial charge on any atom is 0.274 e. The van der Waals surface area contributed by atoms with E-state index in [4.69, 9.17) is 27.7 Å². The van der Waals surface area contributed by atoms with Crippen LogP contribution in [-0.4, -0.2) is 15.1 Å². The highest BCUT2D eigenvalue weighted by Gasteiger charge is 2.13. The minimum Gasteiger partial charge on any atom is -0.351 e. The molecule has 4 nitrogen and oxygen atoms in total. The molecule has 0 fully saturated rings. The number of benzene rings is 2. The number of hydrogen-bond acceptors (Lipinski definition) is 3. The summed E-state index contributed by atoms with van der Waals surface area (Å²) >= 11 is 11.9. The van der Waals surface area contributed by atoms with Gasteiger partial charge in [0.25, 0.3) is 5.89 Å². The van der Waals surface area contributed by atoms with E-state index in [1.54, 1.807) is 12.1 Å². The van der Waals surface area contributed by atoms with Crippen LogP contribution in [0.3, 0.4) is 0 Å². The molecule has 2 heterocycles. The third kappa shape index (κ3) is 2.36. The third-order valence-corrected chi connectivity index (χ3v) is 3.83. The molecule has 22 heavy (non-hydrogen) atoms. The van der Waals surface area contributed by atoms with Crippen molar-refractivity contribution in [3.05, 3.63) is 58.6 Å². The molecule has 0 aliphatic carbocycles. The molecule has 0 aliphatic rings. The van der Waals surface area contributed by atoms with Crippen molar-refractivity contribution in [2.45, 2.75) is 0 Å². The monoisotopic (exact) mass is 329 g/mol. The Bertz CT molecular complexity index is 957. The highest BCUT2D eigenvalue weighted by molar-refractivity contribution is 6.31. The van der Waals surface area contributed by atoms with Crippen molar-refractivity contribution in [3.63, 3.8) is 0 Å². The van der Waals surface area contributed by atoms with Crippen molar-refractivity contribution < 1.29 is 4.52 Å². The summed E-state index contributed by atoms with van der Waals surface area (Å²) in [6.07, 6.45) is 0. The molecule has 108 valence electrons. The molecule has 0 saturated carbocycles. The van der Waals surface area contributed by atoms with Crippen molar-refractivity contribution in [2.75, 3.05) is 0 Å². The van der Waals surface area contributed by atoms with Gasteiger partial charge in [-0.3, -0.25) is 0 Å². The number of nitrogens with zero attached hydrogens (tertiary/aromatic N) is 2. The molecule has 0 aliphatic heterocycles. The first kappa shape index (κ1) is 13.4. The standard InChI is InChI=1S/C16H9Cl2N3O/c17-11-3-1-9(2-4-11)15-20-16(22-21-15)14-8-10-7-12(18)5-6-13(10)19-14/h1-8,19H. The Balaban J connectivity index is 1.74. The Morgan fingerprint density at radius 1 is 0.909 bits per heavy atom. The van der Waals surface area contributed by atoms with Crippen LogP contribution in [0, 0.1) is 0 Å². The average molecular weight is 330 g/mol. The van der Waals surface area contributed by atoms with Crippen molar-refractivity contribution in [2.24, 2.45) is 0 Å². The molecule has 0 radical (unpaired) electrons. The van der Waals surface area contributed by atoms with Crippen LogP contribution in [0.2, 0.25) is 10.0 Å². The van der Waals surface area contributed by atoms with Gasteiger partial charge in [0, 0.05) is 26.5 Å². The zero-order valence-electron chi connectivity index (χ0n) is 11.2. The van der Waals surface area contributed by atoms with E-state index in [9.17, 15) is 0 Å². The number of aromatic amines is 1. The van der Waals surface area contributed by atoms with Gasteiger partial charge in [-0.05, 0) is 48.5 Å². The predicted octanol–water partition coefficient (Wildman–Crippen LogP) is 5.19. The quantitative estimate of drug-likeness (QED) is 0.550. The van der Waals surface area contributed by atoms with Crippen LogP contribution in [0.25, 0.3) is 33.9 Å². The van der Waals surface area contributed by atoms with Gasteiger partial charge in [-0.15, -0.1) is 0 Å². The summed E-state index contributed by atoms with van der Waals surface area (Å²) in [7, 11) is 0. The molecule has 0 atom stereocenters. The minimum absolute atomic E-state index is 0.428. The van der Waals surface area contributed by atoms with Crippen molar-refractivity contribution in [1.29, 1.82) is 0 Å². The van der Waals surface area contributed by atoms with Crippen molar-refractivity contribution >= 4 is 34.1 Å². The number of aromatic nitrogens is 3. The Morgan fingerprint density at radius 3 is 2.50 bits per heavy atom. The van der Waals surface area contributed by atoms with Gasteiger partial charge < -0.3 is 9.51 Å². The second-order valence-electron chi connectivity index (χ2n) is 4.84. The SMILES string of the molecule is Clc1ccc(-c2noc(-c3cc4cc(Cl)ccc4[nH]3)n2)cc1. The van der Waals surface area contributed by atoms with Crippen LogP contribution in [0.15, 0.2) is 53.1 Å². The molecule has 0 spiro atoms. The van der Waals surface area contributed by atoms with Crippen LogP contribution in [0.1, 0.15) is 0 Å². The van der Waals surface area contributed by atoms with Gasteiger partial charge in [0.2, 0.25) is 5.82 Å². The van der Waals surface area contributed by atoms with Gasteiger partial charge in [0.15, 0.2) is 0 Å². The maximum absolute atomic E-state index is 5.99. The van der Waals surface area contributed by atoms with E-state index in [-0.39, 0.29) is 0 Å². The first-order chi connectivity index (χ1) is 10.7. The molecule has 0 saturated heterocycles. The number of fused-ring (bicyclic) bond motifs is 1. The first-order valence-electron chi connectivity index (χ1n) is 6.57. The molecule has 4 rings (SSSR count). The fraction of sp³-hybridized carbons (Fsp3) is 0. The Labute approximate surface area is 135 Å². The highest BCUT2D eigenvalue weighted by Crippen LogP contribution is 2.27. The normalized spacial score (nSPS) is 11.2. The number of nitrogens with one attached hydrogen (secondary N) is 1. The number of rotatable bonds is 2. The molecular formula is C16H9Cl2N3O.